The third-order valence-corrected chi connectivity index (χ3v) is 12.0. The summed E-state index contributed by atoms with van der Waals surface area (Å²) < 4.78 is 53.7. The Morgan fingerprint density at radius 2 is 1.76 bits per heavy atom. The van der Waals surface area contributed by atoms with Crippen molar-refractivity contribution in [3.8, 4) is 16.9 Å². The summed E-state index contributed by atoms with van der Waals surface area (Å²) in [6.07, 6.45) is 2.04. The van der Waals surface area contributed by atoms with Crippen molar-refractivity contribution in [3.63, 3.8) is 0 Å². The maximum absolute atomic E-state index is 14.3. The summed E-state index contributed by atoms with van der Waals surface area (Å²) >= 11 is 8.50. The van der Waals surface area contributed by atoms with Gasteiger partial charge < -0.3 is 14.4 Å². The maximum Gasteiger partial charge on any atom is 0.352 e. The van der Waals surface area contributed by atoms with E-state index in [1.165, 1.54) is 28.2 Å². The van der Waals surface area contributed by atoms with Gasteiger partial charge in [-0.3, -0.25) is 9.36 Å². The fourth-order valence-corrected chi connectivity index (χ4v) is 8.92. The summed E-state index contributed by atoms with van der Waals surface area (Å²) in [5.41, 5.74) is 5.23. The molecule has 266 valence electrons. The summed E-state index contributed by atoms with van der Waals surface area (Å²) in [5, 5.41) is 22.4. The molecule has 0 unspecified atom stereocenters. The number of thioether (sulfide) groups is 1. The summed E-state index contributed by atoms with van der Waals surface area (Å²) in [6, 6.07) is 13.9. The van der Waals surface area contributed by atoms with Crippen LogP contribution in [0.5, 0.6) is 5.75 Å². The minimum Gasteiger partial charge on any atom is -0.493 e. The van der Waals surface area contributed by atoms with Crippen LogP contribution in [-0.2, 0) is 56.4 Å². The number of carboxylic acid groups (broad SMARTS) is 1. The Morgan fingerprint density at radius 1 is 1.00 bits per heavy atom. The van der Waals surface area contributed by atoms with E-state index >= 15 is 0 Å². The van der Waals surface area contributed by atoms with Gasteiger partial charge in [0, 0.05) is 65.1 Å². The van der Waals surface area contributed by atoms with Crippen LogP contribution in [0.2, 0.25) is 5.02 Å². The molecule has 3 aromatic heterocycles. The number of aromatic carboxylic acids is 1. The Kier molecular flexibility index (Phi) is 9.15. The van der Waals surface area contributed by atoms with Crippen molar-refractivity contribution in [2.24, 2.45) is 21.1 Å². The van der Waals surface area contributed by atoms with Gasteiger partial charge in [0.25, 0.3) is 0 Å². The normalized spacial score (nSPS) is 14.8. The average molecular weight is 751 g/mol. The van der Waals surface area contributed by atoms with Crippen LogP contribution >= 0.6 is 23.4 Å². The number of ether oxygens (including phenoxy) is 1. The molecule has 8 bridgehead atoms. The smallest absolute Gasteiger partial charge is 0.352 e. The minimum atomic E-state index is -3.76. The molecule has 7 rings (SSSR count). The van der Waals surface area contributed by atoms with Crippen molar-refractivity contribution in [2.75, 3.05) is 12.9 Å². The van der Waals surface area contributed by atoms with E-state index in [2.05, 4.69) is 5.10 Å². The monoisotopic (exact) mass is 750 g/mol. The van der Waals surface area contributed by atoms with Crippen molar-refractivity contribution in [1.29, 1.82) is 0 Å². The van der Waals surface area contributed by atoms with Gasteiger partial charge in [-0.1, -0.05) is 17.7 Å². The lowest BCUT2D eigenvalue weighted by Crippen LogP contribution is -2.29. The highest BCUT2D eigenvalue weighted by Crippen LogP contribution is 2.42. The highest BCUT2D eigenvalue weighted by atomic mass is 35.5. The second kappa shape index (κ2) is 13.3. The summed E-state index contributed by atoms with van der Waals surface area (Å²) in [5.74, 6) is -0.327. The molecule has 4 heterocycles. The van der Waals surface area contributed by atoms with Gasteiger partial charge in [0.05, 0.1) is 47.9 Å². The fraction of sp³-hybridized carbons (Fsp3) is 0.306. The van der Waals surface area contributed by atoms with E-state index in [9.17, 15) is 22.7 Å². The number of hydrogen-bond acceptors (Lipinski definition) is 7. The average Bonchev–Trinajstić information content (AvgIpc) is 3.65. The molecule has 0 aliphatic carbocycles. The molecule has 0 spiro atoms. The third kappa shape index (κ3) is 6.50. The van der Waals surface area contributed by atoms with Gasteiger partial charge in [0.2, 0.25) is 10.0 Å². The van der Waals surface area contributed by atoms with Gasteiger partial charge in [-0.15, -0.1) is 11.8 Å². The zero-order valence-electron chi connectivity index (χ0n) is 28.7. The van der Waals surface area contributed by atoms with Gasteiger partial charge in [0.1, 0.15) is 17.3 Å². The molecule has 1 aliphatic rings. The van der Waals surface area contributed by atoms with E-state index in [-0.39, 0.29) is 31.2 Å². The number of benzene rings is 3. The van der Waals surface area contributed by atoms with Crippen LogP contribution in [0.4, 0.5) is 4.39 Å². The number of fused-ring (bicyclic) bond motifs is 8. The van der Waals surface area contributed by atoms with Gasteiger partial charge in [-0.25, -0.2) is 17.6 Å². The molecule has 0 fully saturated rings. The quantitative estimate of drug-likeness (QED) is 0.204. The lowest BCUT2D eigenvalue weighted by Gasteiger charge is -2.19. The minimum absolute atomic E-state index is 0.00492. The maximum atomic E-state index is 14.3. The summed E-state index contributed by atoms with van der Waals surface area (Å²) in [6.45, 7) is 2.09. The zero-order chi connectivity index (χ0) is 36.4. The molecule has 0 atom stereocenters. The van der Waals surface area contributed by atoms with Crippen LogP contribution in [0.1, 0.15) is 45.2 Å². The Balaban J connectivity index is 1.42. The van der Waals surface area contributed by atoms with Crippen LogP contribution < -0.4 is 4.74 Å². The standard InChI is InChI=1S/C36H36ClFN6O5S2/c1-20-32-30(40-42(20)3)18-44(51(5,47)48)17-23-15-24(43(4)39-23)19-50-25-14-21-13-22(38)8-9-26(21)31(16-25)49-12-6-7-27-28-10-11-29(37)33(32)34(28)41(2)35(27)36(45)46/h8-11,13-16H,6-7,12,17-19H2,1-5H3,(H,45,46). The molecule has 6 aromatic rings. The Labute approximate surface area is 303 Å². The Hall–Kier alpha value is -4.37. The first kappa shape index (κ1) is 35.1. The van der Waals surface area contributed by atoms with E-state index in [1.807, 2.05) is 38.2 Å². The van der Waals surface area contributed by atoms with Crippen LogP contribution in [0.25, 0.3) is 32.8 Å². The topological polar surface area (TPSA) is 124 Å². The summed E-state index contributed by atoms with van der Waals surface area (Å²) in [7, 11) is 1.54. The van der Waals surface area contributed by atoms with Gasteiger partial charge in [-0.05, 0) is 73.2 Å². The van der Waals surface area contributed by atoms with Crippen LogP contribution in [0, 0.1) is 12.7 Å². The molecular formula is C36H36ClFN6O5S2. The SMILES string of the molecule is Cc1c2c(nn1C)CN(S(C)(=O)=O)Cc1cc(n(C)n1)CSc1cc(c3ccc(F)cc3c1)OCCCc1c(C(=O)O)n(C)c3c-2c(Cl)ccc13. The number of carbonyl (C=O) groups is 1. The number of nitrogens with zero attached hydrogens (tertiary/aromatic N) is 6. The fourth-order valence-electron chi connectivity index (χ4n) is 6.97. The van der Waals surface area contributed by atoms with E-state index in [0.29, 0.717) is 68.3 Å². The number of halogens is 2. The number of sulfonamides is 1. The third-order valence-electron chi connectivity index (χ3n) is 9.49. The Morgan fingerprint density at radius 3 is 2.51 bits per heavy atom. The first-order chi connectivity index (χ1) is 24.2. The lowest BCUT2D eigenvalue weighted by molar-refractivity contribution is 0.0685. The number of carboxylic acids is 1. The molecule has 0 saturated carbocycles. The van der Waals surface area contributed by atoms with E-state index in [1.54, 1.807) is 40.2 Å². The van der Waals surface area contributed by atoms with Crippen LogP contribution in [-0.4, -0.2) is 60.8 Å². The zero-order valence-corrected chi connectivity index (χ0v) is 31.1. The van der Waals surface area contributed by atoms with Gasteiger partial charge >= 0.3 is 5.97 Å². The highest BCUT2D eigenvalue weighted by molar-refractivity contribution is 7.98. The largest absolute Gasteiger partial charge is 0.493 e. The molecule has 0 saturated heterocycles. The molecular weight excluding hydrogens is 715 g/mol. The predicted octanol–water partition coefficient (Wildman–Crippen LogP) is 6.84. The molecule has 3 aromatic carbocycles. The van der Waals surface area contributed by atoms with Crippen LogP contribution in [0.3, 0.4) is 0 Å². The summed E-state index contributed by atoms with van der Waals surface area (Å²) in [4.78, 5) is 13.7. The molecule has 11 nitrogen and oxygen atoms in total. The van der Waals surface area contributed by atoms with Crippen molar-refractivity contribution in [1.82, 2.24) is 28.4 Å². The van der Waals surface area contributed by atoms with Crippen molar-refractivity contribution in [3.05, 3.63) is 93.4 Å². The second-order valence-corrected chi connectivity index (χ2v) is 16.3. The van der Waals surface area contributed by atoms with E-state index in [4.69, 9.17) is 21.4 Å². The number of aromatic nitrogens is 5. The molecule has 15 heteroatoms. The first-order valence-electron chi connectivity index (χ1n) is 16.2. The molecule has 0 radical (unpaired) electrons. The van der Waals surface area contributed by atoms with E-state index < -0.39 is 16.0 Å². The van der Waals surface area contributed by atoms with Crippen molar-refractivity contribution >= 4 is 61.0 Å². The predicted molar refractivity (Wildman–Crippen MR) is 196 cm³/mol. The Bertz CT molecular complexity index is 2490. The molecule has 51 heavy (non-hydrogen) atoms. The molecule has 1 aliphatic heterocycles. The van der Waals surface area contributed by atoms with E-state index in [0.717, 1.165) is 33.3 Å². The molecule has 1 N–H and O–H groups in total. The number of aryl methyl sites for hydroxylation is 4. The van der Waals surface area contributed by atoms with Crippen molar-refractivity contribution < 1.29 is 27.4 Å². The van der Waals surface area contributed by atoms with Gasteiger partial charge in [-0.2, -0.15) is 14.5 Å². The van der Waals surface area contributed by atoms with Crippen LogP contribution in [0.15, 0.2) is 53.4 Å². The lowest BCUT2D eigenvalue weighted by atomic mass is 9.98. The highest BCUT2D eigenvalue weighted by Gasteiger charge is 2.29. The van der Waals surface area contributed by atoms with Crippen molar-refractivity contribution in [2.45, 2.75) is 43.5 Å². The van der Waals surface area contributed by atoms with Gasteiger partial charge in [0.15, 0.2) is 0 Å². The molecule has 0 amide bonds. The second-order valence-electron chi connectivity index (χ2n) is 12.8. The number of hydrogen-bond donors (Lipinski definition) is 1. The number of rotatable bonds is 2. The first-order valence-corrected chi connectivity index (χ1v) is 19.4.